The second kappa shape index (κ2) is 23.2. The van der Waals surface area contributed by atoms with Crippen LogP contribution in [0.1, 0.15) is 80.2 Å². The normalized spacial score (nSPS) is 14.5. The predicted octanol–water partition coefficient (Wildman–Crippen LogP) is 2.23. The van der Waals surface area contributed by atoms with Crippen LogP contribution in [0.5, 0.6) is 0 Å². The first-order chi connectivity index (χ1) is 25.7. The highest BCUT2D eigenvalue weighted by atomic mass is 16.5. The van der Waals surface area contributed by atoms with Gasteiger partial charge in [-0.2, -0.15) is 0 Å². The number of nitrogens with one attached hydrogen (secondary N) is 3. The van der Waals surface area contributed by atoms with Crippen LogP contribution in [0, 0.1) is 23.7 Å². The monoisotopic (exact) mass is 776 g/mol. The van der Waals surface area contributed by atoms with Gasteiger partial charge in [0.15, 0.2) is 0 Å². The number of alkyl carbamates (subject to hydrolysis) is 1. The molecule has 1 aromatic rings. The van der Waals surface area contributed by atoms with Crippen LogP contribution in [0.25, 0.3) is 0 Å². The molecule has 0 unspecified atom stereocenters. The molecular weight excluding hydrogens is 712 g/mol. The summed E-state index contributed by atoms with van der Waals surface area (Å²) in [6, 6.07) is 3.33. The molecule has 55 heavy (non-hydrogen) atoms. The standard InChI is InChI=1S/C39H64N6O10/c1-12-26(8)33(35(49)40-29(21-46)38(52)53)45(11)31(47)20-43(9)37(51)32(25(6)7)42-34(48)30(19-24(4)5)44(10)36(50)28(18-23(2)3)41-39(54)55-22-27-16-14-13-15-17-27/h13-17,23-26,28-30,32-33,46H,12,18-22H2,1-11H3,(H,40,49)(H,41,54)(H,42,48)(H,52,53)/t26-,28-,29-,30-,32-,33-/m0/s1. The number of ether oxygens (including phenoxy) is 1. The van der Waals surface area contributed by atoms with Crippen molar-refractivity contribution in [3.05, 3.63) is 35.9 Å². The lowest BCUT2D eigenvalue weighted by atomic mass is 9.96. The van der Waals surface area contributed by atoms with Crippen LogP contribution >= 0.6 is 0 Å². The van der Waals surface area contributed by atoms with Gasteiger partial charge in [-0.3, -0.25) is 24.0 Å². The number of aliphatic hydroxyl groups excluding tert-OH is 1. The van der Waals surface area contributed by atoms with Crippen molar-refractivity contribution in [2.24, 2.45) is 23.7 Å². The molecule has 310 valence electrons. The van der Waals surface area contributed by atoms with Crippen LogP contribution in [0.15, 0.2) is 30.3 Å². The highest BCUT2D eigenvalue weighted by Crippen LogP contribution is 2.18. The first-order valence-electron chi connectivity index (χ1n) is 18.8. The second-order valence-corrected chi connectivity index (χ2v) is 15.3. The second-order valence-electron chi connectivity index (χ2n) is 15.3. The summed E-state index contributed by atoms with van der Waals surface area (Å²) in [5, 5.41) is 26.4. The molecule has 0 aliphatic carbocycles. The number of nitrogens with zero attached hydrogens (tertiary/aromatic N) is 3. The molecule has 0 fully saturated rings. The fourth-order valence-corrected chi connectivity index (χ4v) is 5.92. The molecule has 0 saturated heterocycles. The van der Waals surface area contributed by atoms with Gasteiger partial charge < -0.3 is 45.6 Å². The van der Waals surface area contributed by atoms with Gasteiger partial charge in [0.1, 0.15) is 36.8 Å². The number of carbonyl (C=O) groups excluding carboxylic acids is 6. The largest absolute Gasteiger partial charge is 0.480 e. The van der Waals surface area contributed by atoms with Crippen molar-refractivity contribution < 1.29 is 48.5 Å². The lowest BCUT2D eigenvalue weighted by molar-refractivity contribution is -0.148. The highest BCUT2D eigenvalue weighted by molar-refractivity contribution is 5.95. The van der Waals surface area contributed by atoms with Crippen molar-refractivity contribution in [1.29, 1.82) is 0 Å². The lowest BCUT2D eigenvalue weighted by Crippen LogP contribution is -2.59. The molecule has 0 bridgehead atoms. The fourth-order valence-electron chi connectivity index (χ4n) is 5.92. The number of hydrogen-bond donors (Lipinski definition) is 5. The number of benzene rings is 1. The predicted molar refractivity (Wildman–Crippen MR) is 206 cm³/mol. The van der Waals surface area contributed by atoms with E-state index >= 15 is 0 Å². The average molecular weight is 777 g/mol. The Labute approximate surface area is 325 Å². The molecule has 0 aliphatic heterocycles. The average Bonchev–Trinajstić information content (AvgIpc) is 3.12. The number of rotatable bonds is 22. The third kappa shape index (κ3) is 15.5. The summed E-state index contributed by atoms with van der Waals surface area (Å²) >= 11 is 0. The van der Waals surface area contributed by atoms with E-state index in [1.165, 1.54) is 26.0 Å². The van der Waals surface area contributed by atoms with Gasteiger partial charge in [-0.05, 0) is 42.1 Å². The van der Waals surface area contributed by atoms with Crippen molar-refractivity contribution in [3.63, 3.8) is 0 Å². The SMILES string of the molecule is CC[C@H](C)[C@@H](C(=O)N[C@@H](CO)C(=O)O)N(C)C(=O)CN(C)C(=O)[C@@H](NC(=O)[C@H](CC(C)C)N(C)C(=O)[C@H](CC(C)C)NC(=O)OCc1ccccc1)C(C)C. The van der Waals surface area contributed by atoms with E-state index in [1.54, 1.807) is 39.8 Å². The molecule has 0 aliphatic rings. The van der Waals surface area contributed by atoms with Gasteiger partial charge in [0.25, 0.3) is 0 Å². The van der Waals surface area contributed by atoms with Crippen molar-refractivity contribution in [3.8, 4) is 0 Å². The maximum Gasteiger partial charge on any atom is 0.408 e. The fraction of sp³-hybridized carbons (Fsp3) is 0.667. The van der Waals surface area contributed by atoms with Gasteiger partial charge in [-0.1, -0.05) is 92.1 Å². The number of hydrogen-bond acceptors (Lipinski definition) is 9. The Kier molecular flexibility index (Phi) is 20.4. The van der Waals surface area contributed by atoms with E-state index in [9.17, 15) is 43.8 Å². The van der Waals surface area contributed by atoms with Gasteiger partial charge >= 0.3 is 12.1 Å². The quantitative estimate of drug-likeness (QED) is 0.116. The summed E-state index contributed by atoms with van der Waals surface area (Å²) in [5.41, 5.74) is 0.777. The Hall–Kier alpha value is -4.73. The molecule has 0 aromatic heterocycles. The summed E-state index contributed by atoms with van der Waals surface area (Å²) in [6.07, 6.45) is 0.211. The minimum Gasteiger partial charge on any atom is -0.480 e. The van der Waals surface area contributed by atoms with Crippen molar-refractivity contribution in [2.75, 3.05) is 34.3 Å². The molecule has 0 heterocycles. The molecule has 16 nitrogen and oxygen atoms in total. The zero-order chi connectivity index (χ0) is 42.2. The Morgan fingerprint density at radius 2 is 1.33 bits per heavy atom. The van der Waals surface area contributed by atoms with Gasteiger partial charge in [-0.25, -0.2) is 9.59 Å². The van der Waals surface area contributed by atoms with Gasteiger partial charge in [0, 0.05) is 21.1 Å². The van der Waals surface area contributed by atoms with Crippen LogP contribution in [-0.4, -0.2) is 131 Å². The number of aliphatic carboxylic acids is 1. The minimum atomic E-state index is -1.56. The maximum atomic E-state index is 14.0. The summed E-state index contributed by atoms with van der Waals surface area (Å²) in [7, 11) is 4.25. The molecule has 1 rings (SSSR count). The third-order valence-corrected chi connectivity index (χ3v) is 9.36. The van der Waals surface area contributed by atoms with Crippen LogP contribution < -0.4 is 16.0 Å². The van der Waals surface area contributed by atoms with Crippen LogP contribution in [-0.2, 0) is 40.1 Å². The van der Waals surface area contributed by atoms with E-state index in [1.807, 2.05) is 45.9 Å². The number of aliphatic hydroxyl groups is 1. The van der Waals surface area contributed by atoms with E-state index < -0.39 is 96.8 Å². The summed E-state index contributed by atoms with van der Waals surface area (Å²) in [6.45, 7) is 13.3. The molecule has 0 radical (unpaired) electrons. The number of likely N-dealkylation sites (N-methyl/N-ethyl adjacent to an activating group) is 3. The van der Waals surface area contributed by atoms with E-state index in [0.717, 1.165) is 15.4 Å². The molecule has 0 saturated carbocycles. The van der Waals surface area contributed by atoms with Gasteiger partial charge in [0.05, 0.1) is 13.2 Å². The zero-order valence-electron chi connectivity index (χ0n) is 34.3. The van der Waals surface area contributed by atoms with E-state index in [0.29, 0.717) is 6.42 Å². The maximum absolute atomic E-state index is 14.0. The molecule has 6 amide bonds. The lowest BCUT2D eigenvalue weighted by Gasteiger charge is -2.35. The number of carboxylic acid groups (broad SMARTS) is 1. The highest BCUT2D eigenvalue weighted by Gasteiger charge is 2.38. The Balaban J connectivity index is 3.19. The molecule has 5 N–H and O–H groups in total. The number of carboxylic acids is 1. The Morgan fingerprint density at radius 1 is 0.745 bits per heavy atom. The van der Waals surface area contributed by atoms with Gasteiger partial charge in [-0.15, -0.1) is 0 Å². The van der Waals surface area contributed by atoms with Crippen molar-refractivity contribution in [2.45, 2.75) is 111 Å². The van der Waals surface area contributed by atoms with Crippen molar-refractivity contribution in [1.82, 2.24) is 30.7 Å². The number of carbonyl (C=O) groups is 7. The minimum absolute atomic E-state index is 0.00595. The van der Waals surface area contributed by atoms with E-state index in [2.05, 4.69) is 16.0 Å². The summed E-state index contributed by atoms with van der Waals surface area (Å²) < 4.78 is 5.36. The van der Waals surface area contributed by atoms with Gasteiger partial charge in [0.2, 0.25) is 29.5 Å². The van der Waals surface area contributed by atoms with Crippen molar-refractivity contribution >= 4 is 41.6 Å². The van der Waals surface area contributed by atoms with Crippen LogP contribution in [0.2, 0.25) is 0 Å². The first kappa shape index (κ1) is 48.3. The number of amides is 6. The molecule has 16 heteroatoms. The zero-order valence-corrected chi connectivity index (χ0v) is 34.3. The smallest absolute Gasteiger partial charge is 0.408 e. The Morgan fingerprint density at radius 3 is 1.82 bits per heavy atom. The van der Waals surface area contributed by atoms with E-state index in [-0.39, 0.29) is 31.3 Å². The molecule has 0 spiro atoms. The van der Waals surface area contributed by atoms with Crippen LogP contribution in [0.4, 0.5) is 4.79 Å². The molecule has 1 aromatic carbocycles. The first-order valence-corrected chi connectivity index (χ1v) is 18.8. The summed E-state index contributed by atoms with van der Waals surface area (Å²) in [4.78, 5) is 96.1. The summed E-state index contributed by atoms with van der Waals surface area (Å²) in [5.74, 6) is -5.37. The molecule has 6 atom stereocenters. The van der Waals surface area contributed by atoms with E-state index in [4.69, 9.17) is 4.74 Å². The third-order valence-electron chi connectivity index (χ3n) is 9.36. The Bertz CT molecular complexity index is 1440. The molecular formula is C39H64N6O10. The van der Waals surface area contributed by atoms with Crippen LogP contribution in [0.3, 0.4) is 0 Å². The topological polar surface area (TPSA) is 215 Å².